The molecule has 0 saturated heterocycles. The van der Waals surface area contributed by atoms with Gasteiger partial charge >= 0.3 is 0 Å². The molecule has 1 atom stereocenters. The molecule has 3 rings (SSSR count). The molecule has 0 aromatic heterocycles. The van der Waals surface area contributed by atoms with Crippen LogP contribution in [-0.4, -0.2) is 24.8 Å². The second-order valence-corrected chi connectivity index (χ2v) is 7.42. The Morgan fingerprint density at radius 3 is 2.45 bits per heavy atom. The van der Waals surface area contributed by atoms with Crippen LogP contribution in [0.4, 0.5) is 0 Å². The first-order chi connectivity index (χ1) is 10.4. The highest BCUT2D eigenvalue weighted by molar-refractivity contribution is 7.88. The molecular formula is C17H18N2O2S. The van der Waals surface area contributed by atoms with Gasteiger partial charge in [0.05, 0.1) is 18.0 Å². The van der Waals surface area contributed by atoms with E-state index in [-0.39, 0.29) is 6.04 Å². The van der Waals surface area contributed by atoms with E-state index < -0.39 is 10.0 Å². The van der Waals surface area contributed by atoms with Crippen LogP contribution in [0.2, 0.25) is 0 Å². The summed E-state index contributed by atoms with van der Waals surface area (Å²) in [6.07, 6.45) is 1.79. The lowest BCUT2D eigenvalue weighted by Gasteiger charge is -2.21. The molecule has 0 N–H and O–H groups in total. The van der Waals surface area contributed by atoms with Crippen molar-refractivity contribution in [3.63, 3.8) is 0 Å². The molecule has 5 heteroatoms. The molecule has 0 spiro atoms. The normalized spacial score (nSPS) is 18.4. The van der Waals surface area contributed by atoms with Gasteiger partial charge in [-0.25, -0.2) is 8.42 Å². The maximum absolute atomic E-state index is 12.1. The van der Waals surface area contributed by atoms with Crippen molar-refractivity contribution in [2.45, 2.75) is 19.4 Å². The minimum absolute atomic E-state index is 0.273. The van der Waals surface area contributed by atoms with Gasteiger partial charge < -0.3 is 0 Å². The fourth-order valence-corrected chi connectivity index (χ4v) is 3.63. The molecule has 0 aliphatic carbocycles. The van der Waals surface area contributed by atoms with E-state index in [2.05, 4.69) is 5.10 Å². The lowest BCUT2D eigenvalue weighted by molar-refractivity contribution is 0.374. The highest BCUT2D eigenvalue weighted by Gasteiger charge is 2.34. The van der Waals surface area contributed by atoms with Crippen LogP contribution in [0, 0.1) is 6.92 Å². The van der Waals surface area contributed by atoms with Crippen molar-refractivity contribution in [2.24, 2.45) is 5.10 Å². The third kappa shape index (κ3) is 2.90. The smallest absolute Gasteiger partial charge is 0.205 e. The zero-order valence-corrected chi connectivity index (χ0v) is 13.4. The van der Waals surface area contributed by atoms with Crippen LogP contribution in [-0.2, 0) is 10.0 Å². The number of hydrogen-bond donors (Lipinski definition) is 0. The van der Waals surface area contributed by atoms with E-state index in [9.17, 15) is 8.42 Å². The number of hydrogen-bond acceptors (Lipinski definition) is 3. The maximum atomic E-state index is 12.1. The molecule has 0 radical (unpaired) electrons. The molecule has 114 valence electrons. The van der Waals surface area contributed by atoms with Gasteiger partial charge in [-0.2, -0.15) is 9.52 Å². The first kappa shape index (κ1) is 14.8. The Morgan fingerprint density at radius 1 is 1.09 bits per heavy atom. The van der Waals surface area contributed by atoms with Crippen LogP contribution in [0.1, 0.15) is 29.2 Å². The van der Waals surface area contributed by atoms with Crippen LogP contribution in [0.15, 0.2) is 59.7 Å². The maximum Gasteiger partial charge on any atom is 0.247 e. The van der Waals surface area contributed by atoms with Crippen molar-refractivity contribution in [2.75, 3.05) is 6.26 Å². The van der Waals surface area contributed by atoms with Crippen molar-refractivity contribution in [1.82, 2.24) is 4.41 Å². The first-order valence-corrected chi connectivity index (χ1v) is 8.99. The molecule has 0 bridgehead atoms. The van der Waals surface area contributed by atoms with Gasteiger partial charge in [0.2, 0.25) is 10.0 Å². The SMILES string of the molecule is Cc1cccc([C@H]2CC(c3ccccc3)=NN2S(C)(=O)=O)c1. The summed E-state index contributed by atoms with van der Waals surface area (Å²) >= 11 is 0. The van der Waals surface area contributed by atoms with Gasteiger partial charge in [0.15, 0.2) is 0 Å². The second-order valence-electron chi connectivity index (χ2n) is 5.58. The first-order valence-electron chi connectivity index (χ1n) is 7.14. The molecule has 0 fully saturated rings. The van der Waals surface area contributed by atoms with Gasteiger partial charge in [-0.05, 0) is 18.1 Å². The van der Waals surface area contributed by atoms with E-state index in [1.165, 1.54) is 10.7 Å². The van der Waals surface area contributed by atoms with Gasteiger partial charge in [-0.1, -0.05) is 60.2 Å². The average Bonchev–Trinajstić information content (AvgIpc) is 2.93. The van der Waals surface area contributed by atoms with E-state index in [0.29, 0.717) is 6.42 Å². The predicted octanol–water partition coefficient (Wildman–Crippen LogP) is 3.11. The predicted molar refractivity (Wildman–Crippen MR) is 88.2 cm³/mol. The molecule has 1 aliphatic heterocycles. The van der Waals surface area contributed by atoms with E-state index in [1.807, 2.05) is 61.5 Å². The minimum atomic E-state index is -3.41. The van der Waals surface area contributed by atoms with Crippen LogP contribution in [0.3, 0.4) is 0 Å². The number of rotatable bonds is 3. The molecule has 2 aromatic carbocycles. The highest BCUT2D eigenvalue weighted by atomic mass is 32.2. The third-order valence-electron chi connectivity index (χ3n) is 3.75. The number of benzene rings is 2. The molecule has 22 heavy (non-hydrogen) atoms. The third-order valence-corrected chi connectivity index (χ3v) is 4.76. The Bertz CT molecular complexity index is 814. The molecule has 1 heterocycles. The van der Waals surface area contributed by atoms with E-state index in [1.54, 1.807) is 0 Å². The largest absolute Gasteiger partial charge is 0.247 e. The molecule has 0 unspecified atom stereocenters. The van der Waals surface area contributed by atoms with Crippen molar-refractivity contribution >= 4 is 15.7 Å². The molecule has 0 saturated carbocycles. The van der Waals surface area contributed by atoms with E-state index in [4.69, 9.17) is 0 Å². The van der Waals surface area contributed by atoms with Crippen LogP contribution < -0.4 is 0 Å². The minimum Gasteiger partial charge on any atom is -0.205 e. The molecule has 4 nitrogen and oxygen atoms in total. The fourth-order valence-electron chi connectivity index (χ4n) is 2.72. The Kier molecular flexibility index (Phi) is 3.74. The molecule has 2 aromatic rings. The summed E-state index contributed by atoms with van der Waals surface area (Å²) < 4.78 is 25.4. The van der Waals surface area contributed by atoms with Crippen molar-refractivity contribution < 1.29 is 8.42 Å². The fraction of sp³-hybridized carbons (Fsp3) is 0.235. The van der Waals surface area contributed by atoms with Gasteiger partial charge in [0, 0.05) is 6.42 Å². The summed E-state index contributed by atoms with van der Waals surface area (Å²) in [7, 11) is -3.41. The Morgan fingerprint density at radius 2 is 1.82 bits per heavy atom. The second kappa shape index (κ2) is 5.57. The molecule has 1 aliphatic rings. The van der Waals surface area contributed by atoms with Crippen LogP contribution in [0.25, 0.3) is 0 Å². The summed E-state index contributed by atoms with van der Waals surface area (Å²) in [6, 6.07) is 17.4. The zero-order chi connectivity index (χ0) is 15.7. The van der Waals surface area contributed by atoms with Crippen LogP contribution in [0.5, 0.6) is 0 Å². The highest BCUT2D eigenvalue weighted by Crippen LogP contribution is 2.34. The summed E-state index contributed by atoms with van der Waals surface area (Å²) in [5, 5.41) is 4.38. The lowest BCUT2D eigenvalue weighted by Crippen LogP contribution is -2.25. The van der Waals surface area contributed by atoms with Crippen molar-refractivity contribution in [3.8, 4) is 0 Å². The summed E-state index contributed by atoms with van der Waals surface area (Å²) in [6.45, 7) is 2.00. The number of nitrogens with zero attached hydrogens (tertiary/aromatic N) is 2. The average molecular weight is 314 g/mol. The van der Waals surface area contributed by atoms with Gasteiger partial charge in [-0.3, -0.25) is 0 Å². The monoisotopic (exact) mass is 314 g/mol. The van der Waals surface area contributed by atoms with Crippen molar-refractivity contribution in [3.05, 3.63) is 71.3 Å². The molecule has 0 amide bonds. The van der Waals surface area contributed by atoms with Gasteiger partial charge in [0.1, 0.15) is 0 Å². The Balaban J connectivity index is 2.02. The topological polar surface area (TPSA) is 49.7 Å². The zero-order valence-electron chi connectivity index (χ0n) is 12.6. The number of sulfonamides is 1. The molecular weight excluding hydrogens is 296 g/mol. The Hall–Kier alpha value is -2.14. The van der Waals surface area contributed by atoms with Crippen LogP contribution >= 0.6 is 0 Å². The Labute approximate surface area is 131 Å². The quantitative estimate of drug-likeness (QED) is 0.874. The number of hydrazone groups is 1. The van der Waals surface area contributed by atoms with Crippen molar-refractivity contribution in [1.29, 1.82) is 0 Å². The number of aryl methyl sites for hydroxylation is 1. The standard InChI is InChI=1S/C17H18N2O2S/c1-13-7-6-10-15(11-13)17-12-16(14-8-4-3-5-9-14)18-19(17)22(2,20)21/h3-11,17H,12H2,1-2H3/t17-/m1/s1. The van der Waals surface area contributed by atoms with E-state index >= 15 is 0 Å². The lowest BCUT2D eigenvalue weighted by atomic mass is 9.98. The summed E-state index contributed by atoms with van der Waals surface area (Å²) in [5.41, 5.74) is 3.85. The van der Waals surface area contributed by atoms with Gasteiger partial charge in [0.25, 0.3) is 0 Å². The van der Waals surface area contributed by atoms with Gasteiger partial charge in [-0.15, -0.1) is 0 Å². The summed E-state index contributed by atoms with van der Waals surface area (Å²) in [4.78, 5) is 0. The van der Waals surface area contributed by atoms with E-state index in [0.717, 1.165) is 22.4 Å². The summed E-state index contributed by atoms with van der Waals surface area (Å²) in [5.74, 6) is 0.